The number of carbonyl (C=O) groups excluding carboxylic acids is 1. The Kier molecular flexibility index (Phi) is 5.93. The van der Waals surface area contributed by atoms with E-state index in [2.05, 4.69) is 18.7 Å². The van der Waals surface area contributed by atoms with Gasteiger partial charge in [0.15, 0.2) is 6.23 Å². The van der Waals surface area contributed by atoms with Gasteiger partial charge in [-0.25, -0.2) is 9.36 Å². The first-order valence-electron chi connectivity index (χ1n) is 8.30. The number of nitrogens with two attached hydrogens (primary N) is 1. The topological polar surface area (TPSA) is 60.5 Å². The standard InChI is InChI=1S/C19H23N3O2.ClH/c1-4-21(5-2)13(3)24-19(23)22-17-9-7-6-8-15(17)16-12-14(20)10-11-18(16)22;/h6-13H,4-5,20H2,1-3H3;1H. The van der Waals surface area contributed by atoms with E-state index in [4.69, 9.17) is 10.5 Å². The first-order chi connectivity index (χ1) is 11.6. The van der Waals surface area contributed by atoms with Crippen molar-refractivity contribution in [3.8, 4) is 0 Å². The Bertz CT molecular complexity index is 887. The number of ether oxygens (including phenoxy) is 1. The molecular formula is C19H24ClN3O2. The Morgan fingerprint density at radius 2 is 1.76 bits per heavy atom. The minimum absolute atomic E-state index is 0. The van der Waals surface area contributed by atoms with E-state index in [1.807, 2.05) is 43.3 Å². The molecule has 134 valence electrons. The van der Waals surface area contributed by atoms with Gasteiger partial charge >= 0.3 is 6.09 Å². The van der Waals surface area contributed by atoms with E-state index in [-0.39, 0.29) is 24.7 Å². The molecule has 2 aromatic carbocycles. The maximum atomic E-state index is 12.8. The number of aromatic nitrogens is 1. The highest BCUT2D eigenvalue weighted by atomic mass is 35.5. The fourth-order valence-electron chi connectivity index (χ4n) is 3.20. The molecule has 0 saturated heterocycles. The van der Waals surface area contributed by atoms with Crippen LogP contribution in [0.25, 0.3) is 21.8 Å². The molecule has 3 rings (SSSR count). The van der Waals surface area contributed by atoms with E-state index in [0.717, 1.165) is 34.9 Å². The number of hydrogen-bond donors (Lipinski definition) is 1. The molecule has 0 spiro atoms. The molecule has 25 heavy (non-hydrogen) atoms. The average Bonchev–Trinajstić information content (AvgIpc) is 2.90. The molecule has 0 aliphatic rings. The van der Waals surface area contributed by atoms with Gasteiger partial charge in [0.1, 0.15) is 0 Å². The Morgan fingerprint density at radius 1 is 1.12 bits per heavy atom. The highest BCUT2D eigenvalue weighted by Crippen LogP contribution is 2.30. The molecule has 1 heterocycles. The average molecular weight is 362 g/mol. The highest BCUT2D eigenvalue weighted by molar-refractivity contribution is 6.13. The van der Waals surface area contributed by atoms with Crippen molar-refractivity contribution < 1.29 is 9.53 Å². The number of nitrogen functional groups attached to an aromatic ring is 1. The second kappa shape index (κ2) is 7.76. The van der Waals surface area contributed by atoms with Crippen LogP contribution in [-0.4, -0.2) is 34.9 Å². The van der Waals surface area contributed by atoms with Gasteiger partial charge in [-0.15, -0.1) is 12.4 Å². The molecule has 1 unspecified atom stereocenters. The number of hydrogen-bond acceptors (Lipinski definition) is 4. The van der Waals surface area contributed by atoms with Crippen LogP contribution in [0.3, 0.4) is 0 Å². The second-order valence-corrected chi connectivity index (χ2v) is 5.83. The molecule has 1 atom stereocenters. The molecule has 0 aliphatic carbocycles. The van der Waals surface area contributed by atoms with Gasteiger partial charge in [0.2, 0.25) is 0 Å². The van der Waals surface area contributed by atoms with Crippen LogP contribution in [0.2, 0.25) is 0 Å². The molecule has 2 N–H and O–H groups in total. The first-order valence-corrected chi connectivity index (χ1v) is 8.30. The van der Waals surface area contributed by atoms with Crippen molar-refractivity contribution >= 4 is 46.0 Å². The molecule has 0 saturated carbocycles. The van der Waals surface area contributed by atoms with Crippen molar-refractivity contribution in [1.82, 2.24) is 9.47 Å². The maximum Gasteiger partial charge on any atom is 0.420 e. The summed E-state index contributed by atoms with van der Waals surface area (Å²) >= 11 is 0. The fourth-order valence-corrected chi connectivity index (χ4v) is 3.20. The smallest absolute Gasteiger partial charge is 0.420 e. The van der Waals surface area contributed by atoms with Crippen molar-refractivity contribution in [3.63, 3.8) is 0 Å². The number of halogens is 1. The van der Waals surface area contributed by atoms with Crippen LogP contribution >= 0.6 is 12.4 Å². The predicted molar refractivity (Wildman–Crippen MR) is 105 cm³/mol. The number of fused-ring (bicyclic) bond motifs is 3. The minimum Gasteiger partial charge on any atom is -0.430 e. The largest absolute Gasteiger partial charge is 0.430 e. The maximum absolute atomic E-state index is 12.8. The van der Waals surface area contributed by atoms with Crippen molar-refractivity contribution in [2.45, 2.75) is 27.0 Å². The lowest BCUT2D eigenvalue weighted by Crippen LogP contribution is -2.37. The van der Waals surface area contributed by atoms with Crippen LogP contribution in [0.15, 0.2) is 42.5 Å². The molecule has 1 aromatic heterocycles. The van der Waals surface area contributed by atoms with Crippen LogP contribution in [0.5, 0.6) is 0 Å². The van der Waals surface area contributed by atoms with E-state index in [0.29, 0.717) is 5.69 Å². The van der Waals surface area contributed by atoms with Gasteiger partial charge < -0.3 is 10.5 Å². The van der Waals surface area contributed by atoms with Crippen LogP contribution in [0, 0.1) is 0 Å². The molecular weight excluding hydrogens is 338 g/mol. The molecule has 0 radical (unpaired) electrons. The summed E-state index contributed by atoms with van der Waals surface area (Å²) in [5, 5.41) is 1.95. The predicted octanol–water partition coefficient (Wildman–Crippen LogP) is 4.47. The Balaban J connectivity index is 0.00000225. The van der Waals surface area contributed by atoms with E-state index < -0.39 is 0 Å². The fraction of sp³-hybridized carbons (Fsp3) is 0.316. The van der Waals surface area contributed by atoms with E-state index in [9.17, 15) is 4.79 Å². The van der Waals surface area contributed by atoms with Gasteiger partial charge in [-0.05, 0) is 44.3 Å². The minimum atomic E-state index is -0.370. The summed E-state index contributed by atoms with van der Waals surface area (Å²) in [5.74, 6) is 0. The van der Waals surface area contributed by atoms with Crippen LogP contribution in [-0.2, 0) is 4.74 Å². The van der Waals surface area contributed by atoms with E-state index in [1.54, 1.807) is 10.6 Å². The van der Waals surface area contributed by atoms with Crippen LogP contribution < -0.4 is 5.73 Å². The summed E-state index contributed by atoms with van der Waals surface area (Å²) in [5.41, 5.74) is 8.24. The third-order valence-electron chi connectivity index (χ3n) is 4.48. The monoisotopic (exact) mass is 361 g/mol. The molecule has 0 amide bonds. The van der Waals surface area contributed by atoms with Gasteiger partial charge in [0, 0.05) is 16.5 Å². The normalized spacial score (nSPS) is 12.3. The number of rotatable bonds is 4. The number of carbonyl (C=O) groups is 1. The summed E-state index contributed by atoms with van der Waals surface area (Å²) in [7, 11) is 0. The van der Waals surface area contributed by atoms with E-state index >= 15 is 0 Å². The van der Waals surface area contributed by atoms with Crippen molar-refractivity contribution in [2.24, 2.45) is 0 Å². The molecule has 0 fully saturated rings. The zero-order chi connectivity index (χ0) is 17.3. The van der Waals surface area contributed by atoms with Crippen molar-refractivity contribution in [3.05, 3.63) is 42.5 Å². The quantitative estimate of drug-likeness (QED) is 0.550. The Hall–Kier alpha value is -2.24. The molecule has 0 aliphatic heterocycles. The SMILES string of the molecule is CCN(CC)C(C)OC(=O)n1c2ccccc2c2cc(N)ccc21.Cl. The zero-order valence-electron chi connectivity index (χ0n) is 14.7. The molecule has 0 bridgehead atoms. The van der Waals surface area contributed by atoms with Gasteiger partial charge in [-0.2, -0.15) is 0 Å². The zero-order valence-corrected chi connectivity index (χ0v) is 15.5. The molecule has 6 heteroatoms. The second-order valence-electron chi connectivity index (χ2n) is 5.83. The lowest BCUT2D eigenvalue weighted by atomic mass is 10.1. The molecule has 5 nitrogen and oxygen atoms in total. The summed E-state index contributed by atoms with van der Waals surface area (Å²) in [6.07, 6.45) is -0.650. The highest BCUT2D eigenvalue weighted by Gasteiger charge is 2.21. The number of benzene rings is 2. The summed E-state index contributed by atoms with van der Waals surface area (Å²) < 4.78 is 7.33. The van der Waals surface area contributed by atoms with Gasteiger partial charge in [-0.3, -0.25) is 4.90 Å². The van der Waals surface area contributed by atoms with Gasteiger partial charge in [0.05, 0.1) is 11.0 Å². The van der Waals surface area contributed by atoms with Crippen molar-refractivity contribution in [1.29, 1.82) is 0 Å². The summed E-state index contributed by atoms with van der Waals surface area (Å²) in [4.78, 5) is 14.9. The van der Waals surface area contributed by atoms with Gasteiger partial charge in [0.25, 0.3) is 0 Å². The summed E-state index contributed by atoms with van der Waals surface area (Å²) in [6, 6.07) is 13.4. The summed E-state index contributed by atoms with van der Waals surface area (Å²) in [6.45, 7) is 7.66. The first kappa shape index (κ1) is 19.1. The lowest BCUT2D eigenvalue weighted by Gasteiger charge is -2.26. The Labute approximate surface area is 153 Å². The van der Waals surface area contributed by atoms with Gasteiger partial charge in [-0.1, -0.05) is 32.0 Å². The van der Waals surface area contributed by atoms with Crippen molar-refractivity contribution in [2.75, 3.05) is 18.8 Å². The lowest BCUT2D eigenvalue weighted by molar-refractivity contribution is 0.00608. The number of anilines is 1. The third kappa shape index (κ3) is 3.43. The van der Waals surface area contributed by atoms with Crippen LogP contribution in [0.4, 0.5) is 10.5 Å². The van der Waals surface area contributed by atoms with E-state index in [1.165, 1.54) is 0 Å². The Morgan fingerprint density at radius 3 is 2.44 bits per heavy atom. The molecule has 3 aromatic rings. The van der Waals surface area contributed by atoms with Crippen LogP contribution in [0.1, 0.15) is 20.8 Å². The third-order valence-corrected chi connectivity index (χ3v) is 4.48. The number of nitrogens with zero attached hydrogens (tertiary/aromatic N) is 2. The number of para-hydroxylation sites is 1.